The number of nitrogens with zero attached hydrogens (tertiary/aromatic N) is 2. The monoisotopic (exact) mass is 466 g/mol. The fraction of sp³-hybridized carbons (Fsp3) is 0.400. The van der Waals surface area contributed by atoms with E-state index in [1.807, 2.05) is 43.3 Å². The standard InChI is InChI=1S/C20H26N4O.HI/c1-15-6-5-7-17(12-15)24-20(21)23-14-16-10-11-22-19(13-16)25-18-8-3-2-4-9-18;/h5-7,10-13,18H,2-4,8-9,14H2,1H3,(H3,21,23,24);1H. The molecule has 1 aliphatic carbocycles. The zero-order valence-electron chi connectivity index (χ0n) is 15.1. The molecule has 6 heteroatoms. The van der Waals surface area contributed by atoms with Crippen molar-refractivity contribution in [1.82, 2.24) is 4.98 Å². The van der Waals surface area contributed by atoms with E-state index in [0.717, 1.165) is 24.1 Å². The average molecular weight is 466 g/mol. The second-order valence-electron chi connectivity index (χ2n) is 6.58. The molecule has 0 spiro atoms. The minimum absolute atomic E-state index is 0. The van der Waals surface area contributed by atoms with E-state index in [-0.39, 0.29) is 24.0 Å². The Morgan fingerprint density at radius 2 is 2.04 bits per heavy atom. The molecule has 1 heterocycles. The number of hydrogen-bond donors (Lipinski definition) is 2. The maximum atomic E-state index is 6.01. The second-order valence-corrected chi connectivity index (χ2v) is 6.58. The number of nitrogens with two attached hydrogens (primary N) is 1. The van der Waals surface area contributed by atoms with E-state index < -0.39 is 0 Å². The fourth-order valence-electron chi connectivity index (χ4n) is 3.05. The predicted octanol–water partition coefficient (Wildman–Crippen LogP) is 4.65. The van der Waals surface area contributed by atoms with Crippen molar-refractivity contribution in [2.45, 2.75) is 51.7 Å². The molecule has 0 bridgehead atoms. The summed E-state index contributed by atoms with van der Waals surface area (Å²) in [7, 11) is 0. The molecule has 1 fully saturated rings. The van der Waals surface area contributed by atoms with Crippen molar-refractivity contribution in [1.29, 1.82) is 0 Å². The summed E-state index contributed by atoms with van der Waals surface area (Å²) >= 11 is 0. The number of nitrogens with one attached hydrogen (secondary N) is 1. The third-order valence-corrected chi connectivity index (χ3v) is 4.36. The maximum Gasteiger partial charge on any atom is 0.213 e. The molecule has 0 saturated heterocycles. The summed E-state index contributed by atoms with van der Waals surface area (Å²) < 4.78 is 6.01. The minimum Gasteiger partial charge on any atom is -0.474 e. The number of halogens is 1. The molecule has 0 atom stereocenters. The van der Waals surface area contributed by atoms with E-state index in [9.17, 15) is 0 Å². The van der Waals surface area contributed by atoms with Crippen LogP contribution in [0.25, 0.3) is 0 Å². The molecule has 1 aromatic heterocycles. The first-order valence-electron chi connectivity index (χ1n) is 8.94. The van der Waals surface area contributed by atoms with Crippen LogP contribution in [-0.2, 0) is 6.54 Å². The van der Waals surface area contributed by atoms with Gasteiger partial charge in [0.1, 0.15) is 6.10 Å². The Bertz CT molecular complexity index is 729. The maximum absolute atomic E-state index is 6.01. The van der Waals surface area contributed by atoms with Crippen LogP contribution in [-0.4, -0.2) is 17.0 Å². The SMILES string of the molecule is Cc1cccc(NC(N)=NCc2ccnc(OC3CCCCC3)c2)c1.I. The summed E-state index contributed by atoms with van der Waals surface area (Å²) in [5.74, 6) is 1.09. The van der Waals surface area contributed by atoms with Gasteiger partial charge in [-0.1, -0.05) is 18.6 Å². The number of aryl methyl sites for hydroxylation is 1. The van der Waals surface area contributed by atoms with Crippen molar-refractivity contribution in [3.8, 4) is 5.88 Å². The molecule has 1 aromatic carbocycles. The molecule has 5 nitrogen and oxygen atoms in total. The summed E-state index contributed by atoms with van der Waals surface area (Å²) in [6.07, 6.45) is 8.12. The van der Waals surface area contributed by atoms with Gasteiger partial charge in [-0.05, 0) is 61.9 Å². The van der Waals surface area contributed by atoms with E-state index in [1.165, 1.54) is 24.8 Å². The number of rotatable bonds is 5. The zero-order valence-corrected chi connectivity index (χ0v) is 17.5. The topological polar surface area (TPSA) is 72.5 Å². The van der Waals surface area contributed by atoms with Gasteiger partial charge in [-0.3, -0.25) is 0 Å². The lowest BCUT2D eigenvalue weighted by molar-refractivity contribution is 0.148. The molecule has 3 N–H and O–H groups in total. The van der Waals surface area contributed by atoms with E-state index in [1.54, 1.807) is 6.20 Å². The van der Waals surface area contributed by atoms with Gasteiger partial charge in [-0.2, -0.15) is 0 Å². The van der Waals surface area contributed by atoms with Crippen LogP contribution in [0.4, 0.5) is 5.69 Å². The largest absolute Gasteiger partial charge is 0.474 e. The highest BCUT2D eigenvalue weighted by molar-refractivity contribution is 14.0. The lowest BCUT2D eigenvalue weighted by Gasteiger charge is -2.22. The Kier molecular flexibility index (Phi) is 8.15. The number of ether oxygens (including phenoxy) is 1. The molecule has 1 aliphatic rings. The molecular weight excluding hydrogens is 439 g/mol. The second kappa shape index (κ2) is 10.4. The smallest absolute Gasteiger partial charge is 0.213 e. The van der Waals surface area contributed by atoms with Crippen LogP contribution >= 0.6 is 24.0 Å². The van der Waals surface area contributed by atoms with Crippen LogP contribution < -0.4 is 15.8 Å². The van der Waals surface area contributed by atoms with Crippen molar-refractivity contribution in [3.63, 3.8) is 0 Å². The molecule has 2 aromatic rings. The Morgan fingerprint density at radius 1 is 1.23 bits per heavy atom. The van der Waals surface area contributed by atoms with Gasteiger partial charge in [0.15, 0.2) is 5.96 Å². The number of guanidine groups is 1. The summed E-state index contributed by atoms with van der Waals surface area (Å²) in [6, 6.07) is 11.9. The number of anilines is 1. The summed E-state index contributed by atoms with van der Waals surface area (Å²) in [5.41, 5.74) is 9.14. The minimum atomic E-state index is 0. The van der Waals surface area contributed by atoms with Gasteiger partial charge in [-0.25, -0.2) is 9.98 Å². The molecule has 3 rings (SSSR count). The first-order chi connectivity index (χ1) is 12.2. The number of pyridine rings is 1. The summed E-state index contributed by atoms with van der Waals surface area (Å²) in [4.78, 5) is 8.73. The van der Waals surface area contributed by atoms with Gasteiger partial charge in [0, 0.05) is 18.0 Å². The van der Waals surface area contributed by atoms with Crippen molar-refractivity contribution in [3.05, 3.63) is 53.7 Å². The Morgan fingerprint density at radius 3 is 2.81 bits per heavy atom. The van der Waals surface area contributed by atoms with E-state index in [0.29, 0.717) is 24.5 Å². The summed E-state index contributed by atoms with van der Waals surface area (Å²) in [5, 5.41) is 3.11. The first-order valence-corrected chi connectivity index (χ1v) is 8.94. The average Bonchev–Trinajstić information content (AvgIpc) is 2.61. The van der Waals surface area contributed by atoms with Gasteiger partial charge in [0.2, 0.25) is 5.88 Å². The Balaban J connectivity index is 0.00000243. The molecule has 0 unspecified atom stereocenters. The lowest BCUT2D eigenvalue weighted by atomic mass is 9.98. The molecule has 140 valence electrons. The quantitative estimate of drug-likeness (QED) is 0.383. The van der Waals surface area contributed by atoms with Gasteiger partial charge in [0.25, 0.3) is 0 Å². The lowest BCUT2D eigenvalue weighted by Crippen LogP contribution is -2.22. The number of benzene rings is 1. The molecule has 0 amide bonds. The number of hydrogen-bond acceptors (Lipinski definition) is 3. The third kappa shape index (κ3) is 6.48. The van der Waals surface area contributed by atoms with E-state index in [2.05, 4.69) is 15.3 Å². The van der Waals surface area contributed by atoms with Crippen LogP contribution in [0, 0.1) is 6.92 Å². The highest BCUT2D eigenvalue weighted by Crippen LogP contribution is 2.22. The molecular formula is C20H27IN4O. The van der Waals surface area contributed by atoms with E-state index >= 15 is 0 Å². The van der Waals surface area contributed by atoms with Gasteiger partial charge in [-0.15, -0.1) is 24.0 Å². The van der Waals surface area contributed by atoms with Crippen LogP contribution in [0.1, 0.15) is 43.2 Å². The van der Waals surface area contributed by atoms with Crippen LogP contribution in [0.3, 0.4) is 0 Å². The summed E-state index contributed by atoms with van der Waals surface area (Å²) in [6.45, 7) is 2.54. The van der Waals surface area contributed by atoms with Crippen molar-refractivity contribution in [2.24, 2.45) is 10.7 Å². The number of aliphatic imine (C=N–C) groups is 1. The highest BCUT2D eigenvalue weighted by Gasteiger charge is 2.15. The zero-order chi connectivity index (χ0) is 17.5. The normalized spacial score (nSPS) is 15.2. The highest BCUT2D eigenvalue weighted by atomic mass is 127. The van der Waals surface area contributed by atoms with Crippen molar-refractivity contribution in [2.75, 3.05) is 5.32 Å². The number of aromatic nitrogens is 1. The van der Waals surface area contributed by atoms with Crippen LogP contribution in [0.15, 0.2) is 47.6 Å². The molecule has 0 aliphatic heterocycles. The Hall–Kier alpha value is -1.83. The van der Waals surface area contributed by atoms with Crippen LogP contribution in [0.2, 0.25) is 0 Å². The van der Waals surface area contributed by atoms with Gasteiger partial charge < -0.3 is 15.8 Å². The Labute approximate surface area is 172 Å². The van der Waals surface area contributed by atoms with E-state index in [4.69, 9.17) is 10.5 Å². The fourth-order valence-corrected chi connectivity index (χ4v) is 3.05. The van der Waals surface area contributed by atoms with Crippen molar-refractivity contribution < 1.29 is 4.74 Å². The predicted molar refractivity (Wildman–Crippen MR) is 117 cm³/mol. The van der Waals surface area contributed by atoms with Gasteiger partial charge >= 0.3 is 0 Å². The molecule has 1 saturated carbocycles. The van der Waals surface area contributed by atoms with Crippen LogP contribution in [0.5, 0.6) is 5.88 Å². The molecule has 0 radical (unpaired) electrons. The van der Waals surface area contributed by atoms with Gasteiger partial charge in [0.05, 0.1) is 6.54 Å². The third-order valence-electron chi connectivity index (χ3n) is 4.36. The molecule has 26 heavy (non-hydrogen) atoms. The van der Waals surface area contributed by atoms with Crippen molar-refractivity contribution >= 4 is 35.6 Å². The first kappa shape index (κ1) is 20.5.